The zero-order valence-corrected chi connectivity index (χ0v) is 14.9. The molecule has 0 fully saturated rings. The summed E-state index contributed by atoms with van der Waals surface area (Å²) in [5.41, 5.74) is 0.984. The maximum atomic E-state index is 13.6. The average Bonchev–Trinajstić information content (AvgIpc) is 2.58. The SMILES string of the molecule is COc1ccc2c(c1)OCC(C(=O)Nc1cc(F)c(I)c(F)c1)C2. The normalized spacial score (nSPS) is 16.1. The number of rotatable bonds is 3. The molecule has 1 heterocycles. The van der Waals surface area contributed by atoms with Crippen LogP contribution in [0.5, 0.6) is 11.5 Å². The Bertz CT molecular complexity index is 774. The molecule has 0 spiro atoms. The smallest absolute Gasteiger partial charge is 0.231 e. The van der Waals surface area contributed by atoms with Gasteiger partial charge in [0.25, 0.3) is 0 Å². The van der Waals surface area contributed by atoms with E-state index in [-0.39, 0.29) is 21.8 Å². The third-order valence-electron chi connectivity index (χ3n) is 3.80. The molecule has 0 aromatic heterocycles. The van der Waals surface area contributed by atoms with Crippen molar-refractivity contribution in [1.29, 1.82) is 0 Å². The second-order valence-electron chi connectivity index (χ2n) is 5.43. The zero-order chi connectivity index (χ0) is 17.3. The molecular weight excluding hydrogens is 431 g/mol. The largest absolute Gasteiger partial charge is 0.497 e. The highest BCUT2D eigenvalue weighted by molar-refractivity contribution is 14.1. The minimum Gasteiger partial charge on any atom is -0.497 e. The lowest BCUT2D eigenvalue weighted by atomic mass is 9.96. The van der Waals surface area contributed by atoms with Crippen LogP contribution in [0, 0.1) is 21.1 Å². The minimum absolute atomic E-state index is 0.0935. The Morgan fingerprint density at radius 3 is 2.67 bits per heavy atom. The topological polar surface area (TPSA) is 47.6 Å². The van der Waals surface area contributed by atoms with Crippen molar-refractivity contribution in [3.05, 3.63) is 51.1 Å². The van der Waals surface area contributed by atoms with Gasteiger partial charge in [-0.15, -0.1) is 0 Å². The van der Waals surface area contributed by atoms with E-state index in [1.165, 1.54) is 0 Å². The predicted octanol–water partition coefficient (Wildman–Crippen LogP) is 3.77. The molecular formula is C17H14F2INO3. The lowest BCUT2D eigenvalue weighted by Gasteiger charge is -2.25. The van der Waals surface area contributed by atoms with Crippen molar-refractivity contribution < 1.29 is 23.0 Å². The molecule has 1 aliphatic rings. The number of carbonyl (C=O) groups excluding carboxylic acids is 1. The maximum Gasteiger partial charge on any atom is 0.231 e. The summed E-state index contributed by atoms with van der Waals surface area (Å²) >= 11 is 1.58. The van der Waals surface area contributed by atoms with E-state index in [1.807, 2.05) is 6.07 Å². The molecule has 0 saturated heterocycles. The molecule has 0 radical (unpaired) electrons. The van der Waals surface area contributed by atoms with Gasteiger partial charge < -0.3 is 14.8 Å². The van der Waals surface area contributed by atoms with Gasteiger partial charge in [0.2, 0.25) is 5.91 Å². The van der Waals surface area contributed by atoms with Crippen LogP contribution in [0.1, 0.15) is 5.56 Å². The lowest BCUT2D eigenvalue weighted by Crippen LogP contribution is -2.32. The molecule has 1 aliphatic heterocycles. The number of hydrogen-bond donors (Lipinski definition) is 1. The van der Waals surface area contributed by atoms with Gasteiger partial charge in [-0.05, 0) is 52.8 Å². The average molecular weight is 445 g/mol. The number of anilines is 1. The van der Waals surface area contributed by atoms with E-state index in [9.17, 15) is 13.6 Å². The number of amides is 1. The number of hydrogen-bond acceptors (Lipinski definition) is 3. The van der Waals surface area contributed by atoms with Gasteiger partial charge in [-0.25, -0.2) is 8.78 Å². The van der Waals surface area contributed by atoms with Gasteiger partial charge >= 0.3 is 0 Å². The molecule has 1 N–H and O–H groups in total. The molecule has 1 amide bonds. The van der Waals surface area contributed by atoms with Crippen LogP contribution in [0.25, 0.3) is 0 Å². The molecule has 3 rings (SSSR count). The summed E-state index contributed by atoms with van der Waals surface area (Å²) < 4.78 is 37.8. The number of fused-ring (bicyclic) bond motifs is 1. The quantitative estimate of drug-likeness (QED) is 0.578. The molecule has 1 atom stereocenters. The van der Waals surface area contributed by atoms with Gasteiger partial charge in [-0.1, -0.05) is 6.07 Å². The van der Waals surface area contributed by atoms with E-state index in [1.54, 1.807) is 41.8 Å². The monoisotopic (exact) mass is 445 g/mol. The fourth-order valence-corrected chi connectivity index (χ4v) is 2.83. The fraction of sp³-hybridized carbons (Fsp3) is 0.235. The summed E-state index contributed by atoms with van der Waals surface area (Å²) in [7, 11) is 1.57. The summed E-state index contributed by atoms with van der Waals surface area (Å²) in [5.74, 6) is -0.814. The van der Waals surface area contributed by atoms with Crippen molar-refractivity contribution in [3.63, 3.8) is 0 Å². The molecule has 1 unspecified atom stereocenters. The Labute approximate surface area is 151 Å². The van der Waals surface area contributed by atoms with Crippen molar-refractivity contribution in [1.82, 2.24) is 0 Å². The Hall–Kier alpha value is -1.90. The van der Waals surface area contributed by atoms with Gasteiger partial charge in [0.15, 0.2) is 0 Å². The van der Waals surface area contributed by atoms with Gasteiger partial charge in [0.1, 0.15) is 29.7 Å². The summed E-state index contributed by atoms with van der Waals surface area (Å²) in [6.07, 6.45) is 0.487. The number of halogens is 3. The van der Waals surface area contributed by atoms with Gasteiger partial charge in [-0.3, -0.25) is 4.79 Å². The lowest BCUT2D eigenvalue weighted by molar-refractivity contribution is -0.121. The molecule has 0 aliphatic carbocycles. The Morgan fingerprint density at radius 1 is 1.29 bits per heavy atom. The Balaban J connectivity index is 1.72. The summed E-state index contributed by atoms with van der Waals surface area (Å²) in [6, 6.07) is 7.62. The molecule has 0 saturated carbocycles. The van der Waals surface area contributed by atoms with Crippen LogP contribution in [0.4, 0.5) is 14.5 Å². The number of benzene rings is 2. The zero-order valence-electron chi connectivity index (χ0n) is 12.7. The van der Waals surface area contributed by atoms with Crippen molar-refractivity contribution in [3.8, 4) is 11.5 Å². The van der Waals surface area contributed by atoms with Crippen LogP contribution >= 0.6 is 22.6 Å². The minimum atomic E-state index is -0.705. The molecule has 2 aromatic carbocycles. The van der Waals surface area contributed by atoms with Gasteiger partial charge in [0, 0.05) is 11.8 Å². The Kier molecular flexibility index (Phi) is 4.88. The first-order chi connectivity index (χ1) is 11.5. The van der Waals surface area contributed by atoms with Gasteiger partial charge in [-0.2, -0.15) is 0 Å². The second-order valence-corrected chi connectivity index (χ2v) is 6.51. The van der Waals surface area contributed by atoms with Crippen LogP contribution in [0.2, 0.25) is 0 Å². The van der Waals surface area contributed by atoms with Gasteiger partial charge in [0.05, 0.1) is 16.6 Å². The van der Waals surface area contributed by atoms with Crippen molar-refractivity contribution >= 4 is 34.2 Å². The van der Waals surface area contributed by atoms with Crippen molar-refractivity contribution in [2.75, 3.05) is 19.0 Å². The Morgan fingerprint density at radius 2 is 2.00 bits per heavy atom. The summed E-state index contributed by atoms with van der Waals surface area (Å²) in [6.45, 7) is 0.196. The third-order valence-corrected chi connectivity index (χ3v) is 4.83. The van der Waals surface area contributed by atoms with E-state index in [0.717, 1.165) is 17.7 Å². The molecule has 7 heteroatoms. The third kappa shape index (κ3) is 3.45. The maximum absolute atomic E-state index is 13.6. The highest BCUT2D eigenvalue weighted by Gasteiger charge is 2.26. The highest BCUT2D eigenvalue weighted by atomic mass is 127. The second kappa shape index (κ2) is 6.92. The fourth-order valence-electron chi connectivity index (χ4n) is 2.52. The number of methoxy groups -OCH3 is 1. The van der Waals surface area contributed by atoms with E-state index in [2.05, 4.69) is 5.32 Å². The number of carbonyl (C=O) groups is 1. The standard InChI is InChI=1S/C17H14F2INO3/c1-23-12-3-2-9-4-10(8-24-15(9)7-12)17(22)21-11-5-13(18)16(20)14(19)6-11/h2-3,5-7,10H,4,8H2,1H3,(H,21,22). The van der Waals surface area contributed by atoms with E-state index in [0.29, 0.717) is 17.9 Å². The first kappa shape index (κ1) is 16.9. The summed E-state index contributed by atoms with van der Waals surface area (Å²) in [5, 5.41) is 2.55. The van der Waals surface area contributed by atoms with Crippen LogP contribution < -0.4 is 14.8 Å². The van der Waals surface area contributed by atoms with Crippen LogP contribution in [-0.2, 0) is 11.2 Å². The first-order valence-electron chi connectivity index (χ1n) is 7.23. The van der Waals surface area contributed by atoms with Crippen molar-refractivity contribution in [2.45, 2.75) is 6.42 Å². The van der Waals surface area contributed by atoms with Crippen LogP contribution in [0.3, 0.4) is 0 Å². The van der Waals surface area contributed by atoms with Crippen LogP contribution in [-0.4, -0.2) is 19.6 Å². The summed E-state index contributed by atoms with van der Waals surface area (Å²) in [4.78, 5) is 12.3. The van der Waals surface area contributed by atoms with E-state index in [4.69, 9.17) is 9.47 Å². The van der Waals surface area contributed by atoms with E-state index < -0.39 is 17.6 Å². The molecule has 0 bridgehead atoms. The number of nitrogens with one attached hydrogen (secondary N) is 1. The highest BCUT2D eigenvalue weighted by Crippen LogP contribution is 2.31. The van der Waals surface area contributed by atoms with Crippen molar-refractivity contribution in [2.24, 2.45) is 5.92 Å². The molecule has 2 aromatic rings. The van der Waals surface area contributed by atoms with E-state index >= 15 is 0 Å². The molecule has 4 nitrogen and oxygen atoms in total. The molecule has 24 heavy (non-hydrogen) atoms. The first-order valence-corrected chi connectivity index (χ1v) is 8.31. The number of ether oxygens (including phenoxy) is 2. The molecule has 126 valence electrons. The van der Waals surface area contributed by atoms with Crippen LogP contribution in [0.15, 0.2) is 30.3 Å². The predicted molar refractivity (Wildman–Crippen MR) is 93.4 cm³/mol.